The topological polar surface area (TPSA) is 87.2 Å². The van der Waals surface area contributed by atoms with Gasteiger partial charge in [0.15, 0.2) is 0 Å². The van der Waals surface area contributed by atoms with Crippen LogP contribution in [-0.4, -0.2) is 74.2 Å². The Labute approximate surface area is 168 Å². The van der Waals surface area contributed by atoms with Gasteiger partial charge in [-0.1, -0.05) is 6.92 Å². The average molecular weight is 426 g/mol. The van der Waals surface area contributed by atoms with Crippen molar-refractivity contribution in [2.45, 2.75) is 35.3 Å². The van der Waals surface area contributed by atoms with Gasteiger partial charge in [-0.2, -0.15) is 4.31 Å². The van der Waals surface area contributed by atoms with Gasteiger partial charge in [-0.05, 0) is 19.1 Å². The first-order valence-electron chi connectivity index (χ1n) is 9.37. The minimum atomic E-state index is -3.74. The number of rotatable bonds is 3. The smallest absolute Gasteiger partial charge is 0.409 e. The van der Waals surface area contributed by atoms with Crippen LogP contribution in [0.1, 0.15) is 19.4 Å². The van der Waals surface area contributed by atoms with E-state index >= 15 is 0 Å². The fourth-order valence-electron chi connectivity index (χ4n) is 3.94. The molecule has 0 unspecified atom stereocenters. The number of thioether (sulfide) groups is 1. The van der Waals surface area contributed by atoms with Crippen molar-refractivity contribution in [1.82, 2.24) is 9.21 Å². The molecule has 0 saturated carbocycles. The Balaban J connectivity index is 1.61. The molecule has 3 aliphatic heterocycles. The van der Waals surface area contributed by atoms with E-state index in [1.807, 2.05) is 6.07 Å². The van der Waals surface area contributed by atoms with Crippen molar-refractivity contribution >= 4 is 39.5 Å². The number of carbonyl (C=O) groups is 2. The van der Waals surface area contributed by atoms with Crippen LogP contribution in [0.2, 0.25) is 0 Å². The summed E-state index contributed by atoms with van der Waals surface area (Å²) in [5, 5.41) is 0.279. The molecule has 4 rings (SSSR count). The molecule has 1 saturated heterocycles. The lowest BCUT2D eigenvalue weighted by Gasteiger charge is -2.34. The summed E-state index contributed by atoms with van der Waals surface area (Å²) in [6.45, 7) is 5.69. The molecule has 1 aromatic rings. The maximum absolute atomic E-state index is 13.3. The second kappa shape index (κ2) is 7.23. The molecule has 1 atom stereocenters. The lowest BCUT2D eigenvalue weighted by molar-refractivity contribution is -0.117. The third-order valence-electron chi connectivity index (χ3n) is 5.25. The van der Waals surface area contributed by atoms with Crippen molar-refractivity contribution < 1.29 is 22.7 Å². The lowest BCUT2D eigenvalue weighted by atomic mass is 10.1. The van der Waals surface area contributed by atoms with E-state index in [0.717, 1.165) is 10.6 Å². The highest BCUT2D eigenvalue weighted by Gasteiger charge is 2.40. The summed E-state index contributed by atoms with van der Waals surface area (Å²) in [4.78, 5) is 28.7. The van der Waals surface area contributed by atoms with E-state index in [4.69, 9.17) is 4.74 Å². The first-order chi connectivity index (χ1) is 13.3. The van der Waals surface area contributed by atoms with Gasteiger partial charge in [-0.3, -0.25) is 4.79 Å². The number of piperazine rings is 1. The number of anilines is 1. The van der Waals surface area contributed by atoms with Crippen molar-refractivity contribution in [3.8, 4) is 0 Å². The molecule has 2 amide bonds. The summed E-state index contributed by atoms with van der Waals surface area (Å²) in [6.07, 6.45) is -0.298. The molecule has 0 bridgehead atoms. The summed E-state index contributed by atoms with van der Waals surface area (Å²) in [6, 6.07) is 3.44. The molecule has 28 heavy (non-hydrogen) atoms. The third kappa shape index (κ3) is 3.17. The predicted molar refractivity (Wildman–Crippen MR) is 105 cm³/mol. The van der Waals surface area contributed by atoms with Crippen LogP contribution in [0.15, 0.2) is 21.9 Å². The number of benzene rings is 1. The van der Waals surface area contributed by atoms with E-state index in [2.05, 4.69) is 6.92 Å². The second-order valence-electron chi connectivity index (χ2n) is 7.09. The summed E-state index contributed by atoms with van der Waals surface area (Å²) in [5.41, 5.74) is 1.37. The number of hydrogen-bond acceptors (Lipinski definition) is 6. The van der Waals surface area contributed by atoms with Crippen molar-refractivity contribution in [2.75, 3.05) is 44.2 Å². The first kappa shape index (κ1) is 19.5. The third-order valence-corrected chi connectivity index (χ3v) is 8.37. The van der Waals surface area contributed by atoms with Crippen LogP contribution >= 0.6 is 11.8 Å². The van der Waals surface area contributed by atoms with Crippen LogP contribution in [0.25, 0.3) is 0 Å². The van der Waals surface area contributed by atoms with Gasteiger partial charge in [0, 0.05) is 48.4 Å². The van der Waals surface area contributed by atoms with Crippen LogP contribution in [0.5, 0.6) is 0 Å². The SMILES string of the molecule is CCOC(=O)N1CCN(S(=O)(=O)c2ccc3c4c2CC(=O)N4C[C@H](C)S3)CC1. The zero-order chi connectivity index (χ0) is 20.1. The van der Waals surface area contributed by atoms with Crippen LogP contribution in [0.3, 0.4) is 0 Å². The second-order valence-corrected chi connectivity index (χ2v) is 10.5. The highest BCUT2D eigenvalue weighted by atomic mass is 32.2. The van der Waals surface area contributed by atoms with Crippen molar-refractivity contribution in [2.24, 2.45) is 0 Å². The Hall–Kier alpha value is -1.78. The molecular weight excluding hydrogens is 402 g/mol. The zero-order valence-corrected chi connectivity index (χ0v) is 17.5. The summed E-state index contributed by atoms with van der Waals surface area (Å²) in [5.74, 6) is -0.0434. The molecular formula is C18H23N3O5S2. The van der Waals surface area contributed by atoms with Gasteiger partial charge < -0.3 is 14.5 Å². The summed E-state index contributed by atoms with van der Waals surface area (Å²) >= 11 is 1.67. The molecule has 0 aromatic heterocycles. The molecule has 1 aromatic carbocycles. The Morgan fingerprint density at radius 1 is 1.25 bits per heavy atom. The molecule has 0 radical (unpaired) electrons. The number of carbonyl (C=O) groups excluding carboxylic acids is 2. The normalized spacial score (nSPS) is 22.4. The molecule has 8 nitrogen and oxygen atoms in total. The van der Waals surface area contributed by atoms with Crippen molar-refractivity contribution in [3.05, 3.63) is 17.7 Å². The average Bonchev–Trinajstić information content (AvgIpc) is 2.99. The van der Waals surface area contributed by atoms with Crippen LogP contribution in [0, 0.1) is 0 Å². The van der Waals surface area contributed by atoms with Gasteiger partial charge in [-0.25, -0.2) is 13.2 Å². The molecule has 0 spiro atoms. The molecule has 3 heterocycles. The van der Waals surface area contributed by atoms with E-state index < -0.39 is 16.1 Å². The van der Waals surface area contributed by atoms with E-state index in [9.17, 15) is 18.0 Å². The Morgan fingerprint density at radius 2 is 1.96 bits per heavy atom. The van der Waals surface area contributed by atoms with Gasteiger partial charge in [0.1, 0.15) is 0 Å². The predicted octanol–water partition coefficient (Wildman–Crippen LogP) is 1.53. The fourth-order valence-corrected chi connectivity index (χ4v) is 6.73. The van der Waals surface area contributed by atoms with Gasteiger partial charge in [0.05, 0.1) is 23.6 Å². The fraction of sp³-hybridized carbons (Fsp3) is 0.556. The molecule has 152 valence electrons. The molecule has 0 N–H and O–H groups in total. The molecule has 3 aliphatic rings. The first-order valence-corrected chi connectivity index (χ1v) is 11.7. The van der Waals surface area contributed by atoms with Crippen LogP contribution < -0.4 is 4.90 Å². The minimum absolute atomic E-state index is 0.0434. The van der Waals surface area contributed by atoms with E-state index in [0.29, 0.717) is 12.1 Å². The molecule has 1 fully saturated rings. The van der Waals surface area contributed by atoms with Crippen LogP contribution in [0.4, 0.5) is 10.5 Å². The van der Waals surface area contributed by atoms with Crippen molar-refractivity contribution in [3.63, 3.8) is 0 Å². The number of nitrogens with zero attached hydrogens (tertiary/aromatic N) is 3. The lowest BCUT2D eigenvalue weighted by Crippen LogP contribution is -2.50. The number of hydrogen-bond donors (Lipinski definition) is 0. The Morgan fingerprint density at radius 3 is 2.64 bits per heavy atom. The zero-order valence-electron chi connectivity index (χ0n) is 15.9. The Bertz CT molecular complexity index is 925. The van der Waals surface area contributed by atoms with Gasteiger partial charge in [0.2, 0.25) is 15.9 Å². The number of ether oxygens (including phenoxy) is 1. The summed E-state index contributed by atoms with van der Waals surface area (Å²) < 4.78 is 33.0. The minimum Gasteiger partial charge on any atom is -0.450 e. The quantitative estimate of drug-likeness (QED) is 0.730. The molecule has 10 heteroatoms. The largest absolute Gasteiger partial charge is 0.450 e. The van der Waals surface area contributed by atoms with Gasteiger partial charge >= 0.3 is 6.09 Å². The maximum Gasteiger partial charge on any atom is 0.409 e. The highest BCUT2D eigenvalue weighted by Crippen LogP contribution is 2.46. The van der Waals surface area contributed by atoms with Gasteiger partial charge in [0.25, 0.3) is 0 Å². The van der Waals surface area contributed by atoms with E-state index in [1.54, 1.807) is 29.7 Å². The standard InChI is InChI=1S/C18H23N3O5S2/c1-3-26-18(23)19-6-8-20(9-7-19)28(24,25)15-5-4-14-17-13(15)10-16(22)21(17)11-12(2)27-14/h4-5,12H,3,6-11H2,1-2H3/t12-/m0/s1. The van der Waals surface area contributed by atoms with Gasteiger partial charge in [-0.15, -0.1) is 11.8 Å². The highest BCUT2D eigenvalue weighted by molar-refractivity contribution is 8.00. The monoisotopic (exact) mass is 425 g/mol. The van der Waals surface area contributed by atoms with Crippen molar-refractivity contribution in [1.29, 1.82) is 0 Å². The summed E-state index contributed by atoms with van der Waals surface area (Å²) in [7, 11) is -3.74. The Kier molecular flexibility index (Phi) is 5.05. The number of amides is 2. The number of sulfonamides is 1. The van der Waals surface area contributed by atoms with E-state index in [1.165, 1.54) is 9.21 Å². The maximum atomic E-state index is 13.3. The van der Waals surface area contributed by atoms with E-state index in [-0.39, 0.29) is 55.3 Å². The van der Waals surface area contributed by atoms with Crippen LogP contribution in [-0.2, 0) is 26.0 Å². The molecule has 0 aliphatic carbocycles.